The smallest absolute Gasteiger partial charge is 0.326 e. The average Bonchev–Trinajstić information content (AvgIpc) is 4.16. The largest absolute Gasteiger partial charge is 0.480 e. The lowest BCUT2D eigenvalue weighted by Gasteiger charge is -2.17. The summed E-state index contributed by atoms with van der Waals surface area (Å²) in [7, 11) is 0. The van der Waals surface area contributed by atoms with Gasteiger partial charge < -0.3 is 72.3 Å². The molecule has 1 aromatic carbocycles. The number of benzene rings is 1. The van der Waals surface area contributed by atoms with Crippen LogP contribution in [0.4, 0.5) is 5.69 Å². The number of guanidine groups is 2. The molecule has 4 fully saturated rings. The van der Waals surface area contributed by atoms with Gasteiger partial charge in [0.15, 0.2) is 11.9 Å². The first-order valence-electron chi connectivity index (χ1n) is 26.0. The molecule has 0 bridgehead atoms. The van der Waals surface area contributed by atoms with Gasteiger partial charge in [-0.1, -0.05) is 18.0 Å². The molecule has 0 saturated carbocycles. The van der Waals surface area contributed by atoms with Crippen molar-refractivity contribution in [2.24, 2.45) is 5.11 Å². The molecule has 26 nitrogen and oxygen atoms in total. The van der Waals surface area contributed by atoms with E-state index in [1.54, 1.807) is 0 Å². The fraction of sp³-hybridized carbons (Fsp3) is 0.688. The summed E-state index contributed by atoms with van der Waals surface area (Å²) in [6.45, 7) is 1.16. The zero-order chi connectivity index (χ0) is 54.7. The number of unbranched alkanes of at least 4 members (excludes halogenated alkanes) is 4. The van der Waals surface area contributed by atoms with Crippen molar-refractivity contribution < 1.29 is 58.0 Å². The van der Waals surface area contributed by atoms with Gasteiger partial charge in [0.05, 0.1) is 57.2 Å². The van der Waals surface area contributed by atoms with E-state index in [0.717, 1.165) is 37.2 Å². The van der Waals surface area contributed by atoms with Crippen LogP contribution in [0.1, 0.15) is 111 Å². The highest BCUT2D eigenvalue weighted by Gasteiger charge is 2.42. The summed E-state index contributed by atoms with van der Waals surface area (Å²) in [6, 6.07) is 2.82. The Morgan fingerprint density at radius 2 is 1.12 bits per heavy atom. The third-order valence-electron chi connectivity index (χ3n) is 13.0. The first-order valence-corrected chi connectivity index (χ1v) is 28.1. The molecule has 4 aliphatic rings. The SMILES string of the molecule is [N-]=[N+]=NCCOCCOCCOCC(=O)Nc1cc(C(=O)NCCCCC(NC(=O)CCCCC2SCC3NC(=N)NC32)C(=O)O)cc(C(=O)NCCCCC(NC(=O)CCCCC2SCC3NC(=N)NC32)C(=O)O)c1. The second-order valence-corrected chi connectivity index (χ2v) is 21.4. The van der Waals surface area contributed by atoms with E-state index in [2.05, 4.69) is 57.9 Å². The molecule has 0 spiro atoms. The van der Waals surface area contributed by atoms with E-state index >= 15 is 0 Å². The van der Waals surface area contributed by atoms with Crippen molar-refractivity contribution in [2.45, 2.75) is 137 Å². The Morgan fingerprint density at radius 3 is 1.59 bits per heavy atom. The Bertz CT molecular complexity index is 2090. The second kappa shape index (κ2) is 33.2. The fourth-order valence-corrected chi connectivity index (χ4v) is 12.2. The van der Waals surface area contributed by atoms with Crippen LogP contribution in [0.5, 0.6) is 0 Å². The number of thioether (sulfide) groups is 2. The van der Waals surface area contributed by atoms with Crippen molar-refractivity contribution in [3.8, 4) is 0 Å². The third-order valence-corrected chi connectivity index (χ3v) is 16.0. The number of fused-ring (bicyclic) bond motifs is 2. The van der Waals surface area contributed by atoms with E-state index in [1.165, 1.54) is 18.2 Å². The van der Waals surface area contributed by atoms with Gasteiger partial charge in [0.1, 0.15) is 18.7 Å². The monoisotopic (exact) mass is 1100 g/mol. The maximum atomic E-state index is 13.5. The van der Waals surface area contributed by atoms with Crippen LogP contribution in [0.2, 0.25) is 0 Å². The number of carboxylic acid groups (broad SMARTS) is 2. The lowest BCUT2D eigenvalue weighted by atomic mass is 10.0. The normalized spacial score (nSPS) is 20.8. The molecule has 8 unspecified atom stereocenters. The number of anilines is 1. The molecule has 28 heteroatoms. The Kier molecular flexibility index (Phi) is 26.5. The van der Waals surface area contributed by atoms with Crippen molar-refractivity contribution in [2.75, 3.05) is 76.1 Å². The minimum absolute atomic E-state index is 0.0483. The standard InChI is InChI=1S/C48H74N14O12S2/c49-47-58-34-27-75-36(41(34)60-47)11-1-3-13-38(63)56-32(45(68)69)9-5-7-15-52-43(66)29-23-30(25-31(24-29)55-40(65)26-74-22-21-73-20-19-72-18-17-54-62-51)44(67)53-16-8-6-10-33(46(70)71)57-39(64)14-4-2-12-37-42-35(28-76-37)59-48(50)61-42/h23-25,32-37,41-42H,1-22,26-28H2,(H,52,66)(H,53,67)(H,55,65)(H,56,63)(H,57,64)(H,68,69)(H,70,71)(H3,49,58,60)(H3,50,59,61). The van der Waals surface area contributed by atoms with Gasteiger partial charge in [-0.25, -0.2) is 9.59 Å². The molecule has 0 aliphatic carbocycles. The maximum absolute atomic E-state index is 13.5. The summed E-state index contributed by atoms with van der Waals surface area (Å²) in [4.78, 5) is 91.8. The number of carboxylic acids is 2. The molecule has 0 aromatic heterocycles. The van der Waals surface area contributed by atoms with Crippen molar-refractivity contribution in [1.82, 2.24) is 42.5 Å². The highest BCUT2D eigenvalue weighted by Crippen LogP contribution is 2.34. The van der Waals surface area contributed by atoms with Crippen LogP contribution in [0.3, 0.4) is 0 Å². The van der Waals surface area contributed by atoms with Crippen LogP contribution in [0, 0.1) is 10.8 Å². The van der Waals surface area contributed by atoms with Crippen LogP contribution >= 0.6 is 23.5 Å². The molecular formula is C48H74N14O12S2. The van der Waals surface area contributed by atoms with E-state index < -0.39 is 41.7 Å². The Labute approximate surface area is 449 Å². The van der Waals surface area contributed by atoms with Crippen molar-refractivity contribution in [3.63, 3.8) is 0 Å². The summed E-state index contributed by atoms with van der Waals surface area (Å²) >= 11 is 3.69. The summed E-state index contributed by atoms with van der Waals surface area (Å²) in [5.74, 6) is -2.21. The predicted octanol–water partition coefficient (Wildman–Crippen LogP) is 2.01. The Balaban J connectivity index is 1.03. The Hall–Kier alpha value is -6.06. The summed E-state index contributed by atoms with van der Waals surface area (Å²) in [6.07, 6.45) is 6.69. The van der Waals surface area contributed by atoms with Crippen molar-refractivity contribution in [1.29, 1.82) is 10.8 Å². The van der Waals surface area contributed by atoms with Gasteiger partial charge in [-0.3, -0.25) is 34.8 Å². The van der Waals surface area contributed by atoms with Gasteiger partial charge in [0.25, 0.3) is 11.8 Å². The molecule has 4 saturated heterocycles. The second-order valence-electron chi connectivity index (χ2n) is 18.8. The predicted molar refractivity (Wildman–Crippen MR) is 286 cm³/mol. The average molecular weight is 1100 g/mol. The zero-order valence-electron chi connectivity index (χ0n) is 42.7. The zero-order valence-corrected chi connectivity index (χ0v) is 44.3. The molecule has 8 atom stereocenters. The van der Waals surface area contributed by atoms with Crippen LogP contribution < -0.4 is 47.9 Å². The number of hydrogen-bond acceptors (Lipinski definition) is 15. The number of carbonyl (C=O) groups excluding carboxylic acids is 5. The van der Waals surface area contributed by atoms with Crippen LogP contribution in [-0.2, 0) is 38.2 Å². The first-order chi connectivity index (χ1) is 36.7. The van der Waals surface area contributed by atoms with Gasteiger partial charge in [0.2, 0.25) is 17.7 Å². The maximum Gasteiger partial charge on any atom is 0.326 e. The van der Waals surface area contributed by atoms with Crippen molar-refractivity contribution in [3.05, 3.63) is 39.8 Å². The number of aliphatic carboxylic acids is 2. The minimum Gasteiger partial charge on any atom is -0.480 e. The van der Waals surface area contributed by atoms with Crippen molar-refractivity contribution >= 4 is 82.6 Å². The topological polar surface area (TPSA) is 392 Å². The van der Waals surface area contributed by atoms with Gasteiger partial charge in [-0.05, 0) is 87.9 Å². The third kappa shape index (κ3) is 21.5. The molecular weight excluding hydrogens is 1030 g/mol. The number of amides is 5. The van der Waals surface area contributed by atoms with Gasteiger partial charge in [-0.15, -0.1) is 0 Å². The highest BCUT2D eigenvalue weighted by molar-refractivity contribution is 8.00. The molecule has 4 heterocycles. The molecule has 1 aromatic rings. The number of azide groups is 1. The van der Waals surface area contributed by atoms with E-state index in [-0.39, 0.29) is 138 Å². The van der Waals surface area contributed by atoms with Gasteiger partial charge in [-0.2, -0.15) is 23.5 Å². The number of nitrogens with zero attached hydrogens (tertiary/aromatic N) is 3. The van der Waals surface area contributed by atoms with Crippen LogP contribution in [0.25, 0.3) is 10.4 Å². The lowest BCUT2D eigenvalue weighted by Crippen LogP contribution is -2.40. The van der Waals surface area contributed by atoms with Gasteiger partial charge >= 0.3 is 11.9 Å². The Morgan fingerprint density at radius 1 is 0.645 bits per heavy atom. The number of hydrogen-bond donors (Lipinski definition) is 13. The summed E-state index contributed by atoms with van der Waals surface area (Å²) in [5.41, 5.74) is 8.53. The van der Waals surface area contributed by atoms with E-state index in [9.17, 15) is 43.8 Å². The van der Waals surface area contributed by atoms with Crippen LogP contribution in [0.15, 0.2) is 23.3 Å². The molecule has 13 N–H and O–H groups in total. The minimum atomic E-state index is -1.16. The highest BCUT2D eigenvalue weighted by atomic mass is 32.2. The number of rotatable bonds is 38. The lowest BCUT2D eigenvalue weighted by molar-refractivity contribution is -0.142. The first kappa shape index (κ1) is 60.8. The van der Waals surface area contributed by atoms with E-state index in [4.69, 9.17) is 30.6 Å². The molecule has 76 heavy (non-hydrogen) atoms. The van der Waals surface area contributed by atoms with E-state index in [0.29, 0.717) is 60.9 Å². The molecule has 0 radical (unpaired) electrons. The number of ether oxygens (including phenoxy) is 3. The van der Waals surface area contributed by atoms with Crippen LogP contribution in [-0.4, -0.2) is 181 Å². The fourth-order valence-electron chi connectivity index (χ4n) is 9.13. The number of nitrogens with one attached hydrogen (secondary N) is 11. The van der Waals surface area contributed by atoms with Gasteiger partial charge in [0, 0.05) is 76.2 Å². The quantitative estimate of drug-likeness (QED) is 0.0195. The molecule has 5 rings (SSSR count). The van der Waals surface area contributed by atoms with E-state index in [1.807, 2.05) is 23.5 Å². The summed E-state index contributed by atoms with van der Waals surface area (Å²) in [5, 5.41) is 65.3. The molecule has 420 valence electrons. The number of carbonyl (C=O) groups is 7. The summed E-state index contributed by atoms with van der Waals surface area (Å²) < 4.78 is 16.1. The molecule has 5 amide bonds. The molecule has 4 aliphatic heterocycles.